The van der Waals surface area contributed by atoms with E-state index in [1.54, 1.807) is 6.20 Å². The van der Waals surface area contributed by atoms with Crippen LogP contribution < -0.4 is 5.32 Å². The average Bonchev–Trinajstić information content (AvgIpc) is 3.31. The Morgan fingerprint density at radius 2 is 1.93 bits per heavy atom. The number of para-hydroxylation sites is 1. The monoisotopic (exact) mass is 453 g/mol. The Kier molecular flexibility index (Phi) is 5.40. The number of nitrogens with one attached hydrogen (secondary N) is 2. The predicted octanol–water partition coefficient (Wildman–Crippen LogP) is 4.09. The van der Waals surface area contributed by atoms with Crippen molar-refractivity contribution in [2.24, 2.45) is 0 Å². The van der Waals surface area contributed by atoms with Gasteiger partial charge in [-0.05, 0) is 29.8 Å². The number of halogens is 1. The number of aromatic amines is 1. The van der Waals surface area contributed by atoms with Crippen LogP contribution in [-0.4, -0.2) is 32.6 Å². The van der Waals surface area contributed by atoms with Crippen molar-refractivity contribution in [3.8, 4) is 0 Å². The first-order valence-corrected chi connectivity index (χ1v) is 10.1. The third kappa shape index (κ3) is 4.05. The highest BCUT2D eigenvalue weighted by Gasteiger charge is 2.22. The highest BCUT2D eigenvalue weighted by atomic mass is 79.9. The number of aromatic nitrogens is 2. The van der Waals surface area contributed by atoms with Crippen LogP contribution in [0.5, 0.6) is 0 Å². The van der Waals surface area contributed by atoms with E-state index < -0.39 is 12.0 Å². The van der Waals surface area contributed by atoms with E-state index in [2.05, 4.69) is 26.2 Å². The summed E-state index contributed by atoms with van der Waals surface area (Å²) >= 11 is 3.52. The van der Waals surface area contributed by atoms with Gasteiger partial charge in [0.25, 0.3) is 0 Å². The van der Waals surface area contributed by atoms with E-state index in [0.29, 0.717) is 6.54 Å². The zero-order valence-electron chi connectivity index (χ0n) is 15.6. The molecule has 29 heavy (non-hydrogen) atoms. The molecule has 2 aromatic carbocycles. The van der Waals surface area contributed by atoms with Crippen molar-refractivity contribution >= 4 is 49.6 Å². The van der Waals surface area contributed by atoms with Crippen LogP contribution in [-0.2, 0) is 22.6 Å². The molecule has 6 nitrogen and oxygen atoms in total. The van der Waals surface area contributed by atoms with Crippen LogP contribution in [0.4, 0.5) is 0 Å². The fraction of sp³-hybridized carbons (Fsp3) is 0.182. The second-order valence-corrected chi connectivity index (χ2v) is 7.81. The quantitative estimate of drug-likeness (QED) is 0.393. The Balaban J connectivity index is 1.42. The van der Waals surface area contributed by atoms with E-state index in [1.165, 1.54) is 0 Å². The van der Waals surface area contributed by atoms with Crippen LogP contribution in [0, 0.1) is 0 Å². The third-order valence-corrected chi connectivity index (χ3v) is 5.76. The lowest BCUT2D eigenvalue weighted by atomic mass is 10.0. The maximum Gasteiger partial charge on any atom is 0.326 e. The number of carbonyl (C=O) groups excluding carboxylic acids is 1. The van der Waals surface area contributed by atoms with Gasteiger partial charge < -0.3 is 20.0 Å². The van der Waals surface area contributed by atoms with Gasteiger partial charge in [-0.25, -0.2) is 4.79 Å². The van der Waals surface area contributed by atoms with Gasteiger partial charge in [0.05, 0.1) is 0 Å². The van der Waals surface area contributed by atoms with Crippen LogP contribution >= 0.6 is 15.9 Å². The molecule has 3 N–H and O–H groups in total. The molecule has 0 fully saturated rings. The first kappa shape index (κ1) is 19.3. The number of carboxylic acids is 1. The van der Waals surface area contributed by atoms with Gasteiger partial charge in [0.2, 0.25) is 5.91 Å². The summed E-state index contributed by atoms with van der Waals surface area (Å²) in [5, 5.41) is 14.3. The topological polar surface area (TPSA) is 87.1 Å². The van der Waals surface area contributed by atoms with Gasteiger partial charge in [-0.3, -0.25) is 4.79 Å². The van der Waals surface area contributed by atoms with Crippen molar-refractivity contribution in [1.82, 2.24) is 14.9 Å². The number of carbonyl (C=O) groups is 2. The number of hydrogen-bond acceptors (Lipinski definition) is 2. The van der Waals surface area contributed by atoms with Crippen LogP contribution in [0.2, 0.25) is 0 Å². The summed E-state index contributed by atoms with van der Waals surface area (Å²) in [7, 11) is 0. The molecule has 1 atom stereocenters. The summed E-state index contributed by atoms with van der Waals surface area (Å²) in [5.74, 6) is -1.33. The summed E-state index contributed by atoms with van der Waals surface area (Å²) < 4.78 is 3.00. The number of rotatable bonds is 7. The van der Waals surface area contributed by atoms with Crippen molar-refractivity contribution in [2.75, 3.05) is 0 Å². The Hall–Kier alpha value is -3.06. The number of aryl methyl sites for hydroxylation is 1. The number of hydrogen-bond donors (Lipinski definition) is 3. The zero-order valence-corrected chi connectivity index (χ0v) is 17.1. The first-order chi connectivity index (χ1) is 14.0. The van der Waals surface area contributed by atoms with Crippen LogP contribution in [0.15, 0.2) is 65.4 Å². The van der Waals surface area contributed by atoms with Crippen molar-refractivity contribution in [2.45, 2.75) is 25.4 Å². The number of aliphatic carboxylic acids is 1. The summed E-state index contributed by atoms with van der Waals surface area (Å²) in [6, 6.07) is 14.6. The molecule has 0 bridgehead atoms. The summed E-state index contributed by atoms with van der Waals surface area (Å²) in [4.78, 5) is 27.3. The second kappa shape index (κ2) is 8.13. The van der Waals surface area contributed by atoms with Gasteiger partial charge in [0.15, 0.2) is 0 Å². The number of fused-ring (bicyclic) bond motifs is 2. The third-order valence-electron chi connectivity index (χ3n) is 5.07. The fourth-order valence-corrected chi connectivity index (χ4v) is 4.08. The highest BCUT2D eigenvalue weighted by Crippen LogP contribution is 2.25. The minimum atomic E-state index is -1.04. The fourth-order valence-electron chi connectivity index (χ4n) is 3.59. The molecule has 0 aliphatic heterocycles. The Morgan fingerprint density at radius 1 is 1.10 bits per heavy atom. The Bertz CT molecular complexity index is 1190. The normalized spacial score (nSPS) is 12.3. The van der Waals surface area contributed by atoms with Crippen LogP contribution in [0.3, 0.4) is 0 Å². The molecule has 0 aliphatic carbocycles. The van der Waals surface area contributed by atoms with Crippen molar-refractivity contribution in [3.63, 3.8) is 0 Å². The van der Waals surface area contributed by atoms with E-state index in [-0.39, 0.29) is 18.7 Å². The number of amides is 1. The smallest absolute Gasteiger partial charge is 0.326 e. The molecule has 2 heterocycles. The Labute approximate surface area is 175 Å². The lowest BCUT2D eigenvalue weighted by Crippen LogP contribution is -2.42. The van der Waals surface area contributed by atoms with Gasteiger partial charge in [-0.1, -0.05) is 40.2 Å². The molecule has 148 valence electrons. The number of benzene rings is 2. The van der Waals surface area contributed by atoms with Gasteiger partial charge in [-0.15, -0.1) is 0 Å². The van der Waals surface area contributed by atoms with E-state index >= 15 is 0 Å². The molecule has 7 heteroatoms. The van der Waals surface area contributed by atoms with Crippen LogP contribution in [0.25, 0.3) is 21.8 Å². The van der Waals surface area contributed by atoms with Gasteiger partial charge >= 0.3 is 5.97 Å². The lowest BCUT2D eigenvalue weighted by molar-refractivity contribution is -0.141. The Morgan fingerprint density at radius 3 is 2.76 bits per heavy atom. The molecule has 0 spiro atoms. The van der Waals surface area contributed by atoms with Crippen molar-refractivity contribution < 1.29 is 14.7 Å². The van der Waals surface area contributed by atoms with E-state index in [4.69, 9.17) is 0 Å². The molecule has 0 unspecified atom stereocenters. The minimum absolute atomic E-state index is 0.202. The molecule has 0 saturated carbocycles. The summed E-state index contributed by atoms with van der Waals surface area (Å²) in [6.07, 6.45) is 4.17. The van der Waals surface area contributed by atoms with Gasteiger partial charge in [0.1, 0.15) is 6.04 Å². The van der Waals surface area contributed by atoms with Crippen LogP contribution in [0.1, 0.15) is 12.0 Å². The molecule has 0 aliphatic rings. The maximum atomic E-state index is 12.4. The molecule has 1 amide bonds. The molecule has 4 aromatic rings. The largest absolute Gasteiger partial charge is 0.480 e. The average molecular weight is 454 g/mol. The molecule has 0 radical (unpaired) electrons. The summed E-state index contributed by atoms with van der Waals surface area (Å²) in [6.45, 7) is 0.477. The predicted molar refractivity (Wildman–Crippen MR) is 116 cm³/mol. The van der Waals surface area contributed by atoms with E-state index in [9.17, 15) is 14.7 Å². The minimum Gasteiger partial charge on any atom is -0.480 e. The van der Waals surface area contributed by atoms with Crippen molar-refractivity contribution in [1.29, 1.82) is 0 Å². The SMILES string of the molecule is O=C(CCn1ccc2c(Br)cccc21)N[C@H](Cc1c[nH]c2ccccc12)C(=O)O. The van der Waals surface area contributed by atoms with Gasteiger partial charge in [0, 0.05) is 58.1 Å². The van der Waals surface area contributed by atoms with Crippen molar-refractivity contribution in [3.05, 3.63) is 71.0 Å². The molecular formula is C22H20BrN3O3. The number of H-pyrrole nitrogens is 1. The molecule has 4 rings (SSSR count). The molecular weight excluding hydrogens is 434 g/mol. The van der Waals surface area contributed by atoms with E-state index in [0.717, 1.165) is 31.8 Å². The van der Waals surface area contributed by atoms with E-state index in [1.807, 2.05) is 59.3 Å². The zero-order chi connectivity index (χ0) is 20.4. The maximum absolute atomic E-state index is 12.4. The first-order valence-electron chi connectivity index (χ1n) is 9.33. The second-order valence-electron chi connectivity index (χ2n) is 6.95. The highest BCUT2D eigenvalue weighted by molar-refractivity contribution is 9.10. The van der Waals surface area contributed by atoms with Gasteiger partial charge in [-0.2, -0.15) is 0 Å². The lowest BCUT2D eigenvalue weighted by Gasteiger charge is -2.15. The molecule has 0 saturated heterocycles. The number of carboxylic acid groups (broad SMARTS) is 1. The molecule has 2 aromatic heterocycles. The number of nitrogens with zero attached hydrogens (tertiary/aromatic N) is 1. The summed E-state index contributed by atoms with van der Waals surface area (Å²) in [5.41, 5.74) is 2.85. The standard InChI is InChI=1S/C22H20BrN3O3/c23-17-5-3-7-20-16(17)8-10-26(20)11-9-21(27)25-19(22(28)29)12-14-13-24-18-6-2-1-4-15(14)18/h1-8,10,13,19,24H,9,11-12H2,(H,25,27)(H,28,29)/t19-/m1/s1.